The third-order valence-electron chi connectivity index (χ3n) is 6.10. The molecular weight excluding hydrogens is 439 g/mol. The fourth-order valence-corrected chi connectivity index (χ4v) is 4.40. The monoisotopic (exact) mass is 464 g/mol. The molecule has 4 aromatic rings. The summed E-state index contributed by atoms with van der Waals surface area (Å²) in [6.07, 6.45) is 0.950. The van der Waals surface area contributed by atoms with E-state index in [2.05, 4.69) is 41.4 Å². The van der Waals surface area contributed by atoms with Gasteiger partial charge in [0.25, 0.3) is 0 Å². The summed E-state index contributed by atoms with van der Waals surface area (Å²) in [5.74, 6) is 1.74. The molecule has 0 spiro atoms. The number of hydrogen-bond donors (Lipinski definition) is 1. The largest absolute Gasteiger partial charge is 0.494 e. The number of nitrogens with one attached hydrogen (secondary N) is 1. The summed E-state index contributed by atoms with van der Waals surface area (Å²) < 4.78 is 19.2. The Kier molecular flexibility index (Phi) is 6.38. The number of aromatic nitrogens is 2. The van der Waals surface area contributed by atoms with Gasteiger partial charge in [-0.2, -0.15) is 4.98 Å². The molecule has 2 heterocycles. The smallest absolute Gasteiger partial charge is 0.229 e. The van der Waals surface area contributed by atoms with Gasteiger partial charge in [-0.25, -0.2) is 9.37 Å². The quantitative estimate of drug-likeness (QED) is 0.389. The van der Waals surface area contributed by atoms with E-state index in [1.54, 1.807) is 13.2 Å². The first kappa shape index (κ1) is 22.8. The normalized spacial score (nSPS) is 15.0. The van der Waals surface area contributed by atoms with Crippen molar-refractivity contribution in [1.29, 1.82) is 0 Å². The van der Waals surface area contributed by atoms with E-state index in [-0.39, 0.29) is 24.3 Å². The predicted molar refractivity (Wildman–Crippen MR) is 134 cm³/mol. The molecule has 3 aromatic carbocycles. The zero-order valence-electron chi connectivity index (χ0n) is 18.8. The second-order valence-corrected chi connectivity index (χ2v) is 8.26. The van der Waals surface area contributed by atoms with Gasteiger partial charge in [0.2, 0.25) is 5.95 Å². The van der Waals surface area contributed by atoms with E-state index in [1.165, 1.54) is 23.3 Å². The zero-order chi connectivity index (χ0) is 22.2. The summed E-state index contributed by atoms with van der Waals surface area (Å²) >= 11 is 0. The summed E-state index contributed by atoms with van der Waals surface area (Å²) in [5.41, 5.74) is 4.99. The Morgan fingerprint density at radius 3 is 2.58 bits per heavy atom. The van der Waals surface area contributed by atoms with Crippen LogP contribution in [-0.4, -0.2) is 23.1 Å². The lowest BCUT2D eigenvalue weighted by Crippen LogP contribution is -2.39. The van der Waals surface area contributed by atoms with Crippen molar-refractivity contribution >= 4 is 40.8 Å². The van der Waals surface area contributed by atoms with Crippen molar-refractivity contribution in [3.05, 3.63) is 83.2 Å². The summed E-state index contributed by atoms with van der Waals surface area (Å²) in [6.45, 7) is 4.86. The first-order chi connectivity index (χ1) is 15.5. The van der Waals surface area contributed by atoms with E-state index in [0.29, 0.717) is 11.7 Å². The maximum absolute atomic E-state index is 13.6. The number of hydrogen-bond acceptors (Lipinski definition) is 5. The van der Waals surface area contributed by atoms with Gasteiger partial charge in [-0.1, -0.05) is 30.3 Å². The summed E-state index contributed by atoms with van der Waals surface area (Å²) in [4.78, 5) is 12.0. The topological polar surface area (TPSA) is 50.3 Å². The van der Waals surface area contributed by atoms with Crippen LogP contribution < -0.4 is 15.0 Å². The van der Waals surface area contributed by atoms with E-state index in [1.807, 2.05) is 25.1 Å². The van der Waals surface area contributed by atoms with Crippen LogP contribution >= 0.6 is 12.4 Å². The minimum absolute atomic E-state index is 0. The Balaban J connectivity index is 0.00000259. The van der Waals surface area contributed by atoms with Crippen LogP contribution in [0.25, 0.3) is 10.9 Å². The number of benzene rings is 3. The second-order valence-electron chi connectivity index (χ2n) is 8.26. The highest BCUT2D eigenvalue weighted by atomic mass is 35.5. The van der Waals surface area contributed by atoms with Crippen LogP contribution in [0.1, 0.15) is 23.6 Å². The minimum atomic E-state index is -0.268. The molecule has 1 N–H and O–H groups in total. The van der Waals surface area contributed by atoms with E-state index in [9.17, 15) is 4.39 Å². The van der Waals surface area contributed by atoms with Gasteiger partial charge in [0.1, 0.15) is 22.9 Å². The lowest BCUT2D eigenvalue weighted by molar-refractivity contribution is 0.419. The molecule has 0 aliphatic carbocycles. The Morgan fingerprint density at radius 1 is 1.03 bits per heavy atom. The van der Waals surface area contributed by atoms with E-state index < -0.39 is 0 Å². The number of nitrogens with zero attached hydrogens (tertiary/aromatic N) is 3. The third kappa shape index (κ3) is 4.31. The van der Waals surface area contributed by atoms with E-state index >= 15 is 0 Å². The maximum atomic E-state index is 13.6. The highest BCUT2D eigenvalue weighted by molar-refractivity contribution is 5.95. The number of para-hydroxylation sites is 1. The van der Waals surface area contributed by atoms with Crippen LogP contribution in [0.2, 0.25) is 0 Å². The molecule has 5 rings (SSSR count). The van der Waals surface area contributed by atoms with Gasteiger partial charge in [-0.05, 0) is 67.3 Å². The fourth-order valence-electron chi connectivity index (χ4n) is 4.40. The zero-order valence-corrected chi connectivity index (χ0v) is 19.6. The molecule has 1 aliphatic heterocycles. The first-order valence-corrected chi connectivity index (χ1v) is 10.7. The van der Waals surface area contributed by atoms with Gasteiger partial charge in [0.05, 0.1) is 7.11 Å². The van der Waals surface area contributed by atoms with Crippen LogP contribution in [0.4, 0.5) is 21.8 Å². The lowest BCUT2D eigenvalue weighted by atomic mass is 9.94. The molecular formula is C26H26ClFN4O. The molecule has 1 unspecified atom stereocenters. The molecule has 5 nitrogen and oxygen atoms in total. The Labute approximate surface area is 199 Å². The summed E-state index contributed by atoms with van der Waals surface area (Å²) in [6, 6.07) is 19.4. The Morgan fingerprint density at radius 2 is 1.82 bits per heavy atom. The first-order valence-electron chi connectivity index (χ1n) is 10.7. The molecule has 0 saturated heterocycles. The number of ether oxygens (including phenoxy) is 1. The van der Waals surface area contributed by atoms with E-state index in [0.717, 1.165) is 40.9 Å². The standard InChI is InChI=1S/C26H25FN4O.ClH/c1-16-13-20(27)11-12-22(16)28-26-29-24-21(9-6-10-23(24)32-3)25(30-26)31-15-19-8-5-4-7-18(19)14-17(31)2;/h4-13,17H,14-15H2,1-3H3,(H,28,29,30);1H. The fraction of sp³-hybridized carbons (Fsp3) is 0.231. The van der Waals surface area contributed by atoms with Gasteiger partial charge < -0.3 is 15.0 Å². The summed E-state index contributed by atoms with van der Waals surface area (Å²) in [5, 5.41) is 4.23. The molecule has 1 aromatic heterocycles. The average Bonchev–Trinajstić information content (AvgIpc) is 2.79. The summed E-state index contributed by atoms with van der Waals surface area (Å²) in [7, 11) is 1.65. The molecule has 0 saturated carbocycles. The molecule has 170 valence electrons. The van der Waals surface area contributed by atoms with Crippen molar-refractivity contribution in [2.75, 3.05) is 17.3 Å². The van der Waals surface area contributed by atoms with Crippen molar-refractivity contribution in [2.45, 2.75) is 32.9 Å². The van der Waals surface area contributed by atoms with Crippen LogP contribution in [0.3, 0.4) is 0 Å². The lowest BCUT2D eigenvalue weighted by Gasteiger charge is -2.36. The third-order valence-corrected chi connectivity index (χ3v) is 6.10. The van der Waals surface area contributed by atoms with Gasteiger partial charge >= 0.3 is 0 Å². The van der Waals surface area contributed by atoms with Crippen LogP contribution in [-0.2, 0) is 13.0 Å². The van der Waals surface area contributed by atoms with Crippen molar-refractivity contribution in [3.63, 3.8) is 0 Å². The van der Waals surface area contributed by atoms with Crippen LogP contribution in [0.5, 0.6) is 5.75 Å². The second kappa shape index (κ2) is 9.24. The van der Waals surface area contributed by atoms with Gasteiger partial charge in [0, 0.05) is 23.7 Å². The maximum Gasteiger partial charge on any atom is 0.229 e. The molecule has 1 atom stereocenters. The number of anilines is 3. The van der Waals surface area contributed by atoms with Crippen molar-refractivity contribution in [1.82, 2.24) is 9.97 Å². The van der Waals surface area contributed by atoms with Gasteiger partial charge in [-0.3, -0.25) is 0 Å². The SMILES string of the molecule is COc1cccc2c(N3Cc4ccccc4CC3C)nc(Nc3ccc(F)cc3C)nc12.Cl. The number of rotatable bonds is 4. The minimum Gasteiger partial charge on any atom is -0.494 e. The number of methoxy groups -OCH3 is 1. The highest BCUT2D eigenvalue weighted by Crippen LogP contribution is 2.36. The highest BCUT2D eigenvalue weighted by Gasteiger charge is 2.26. The van der Waals surface area contributed by atoms with Crippen molar-refractivity contribution in [2.24, 2.45) is 0 Å². The molecule has 0 amide bonds. The number of fused-ring (bicyclic) bond motifs is 2. The van der Waals surface area contributed by atoms with Gasteiger partial charge in [-0.15, -0.1) is 12.4 Å². The molecule has 1 aliphatic rings. The molecule has 7 heteroatoms. The average molecular weight is 465 g/mol. The van der Waals surface area contributed by atoms with Gasteiger partial charge in [0.15, 0.2) is 0 Å². The van der Waals surface area contributed by atoms with Crippen molar-refractivity contribution in [3.8, 4) is 5.75 Å². The molecule has 33 heavy (non-hydrogen) atoms. The van der Waals surface area contributed by atoms with E-state index in [4.69, 9.17) is 14.7 Å². The number of halogens is 2. The Bertz CT molecular complexity index is 1310. The van der Waals surface area contributed by atoms with Crippen LogP contribution in [0.15, 0.2) is 60.7 Å². The molecule has 0 bridgehead atoms. The molecule has 0 fully saturated rings. The Hall–Kier alpha value is -3.38. The molecule has 0 radical (unpaired) electrons. The predicted octanol–water partition coefficient (Wildman–Crippen LogP) is 6.20. The van der Waals surface area contributed by atoms with Crippen molar-refractivity contribution < 1.29 is 9.13 Å². The van der Waals surface area contributed by atoms with Crippen LogP contribution in [0, 0.1) is 12.7 Å². The number of aryl methyl sites for hydroxylation is 1.